The largest absolute Gasteiger partial charge is 0.381 e. The van der Waals surface area contributed by atoms with Gasteiger partial charge in [-0.1, -0.05) is 6.42 Å². The molecule has 2 aliphatic rings. The fraction of sp³-hybridized carbons (Fsp3) is 0.600. The van der Waals surface area contributed by atoms with Gasteiger partial charge in [-0.2, -0.15) is 0 Å². The lowest BCUT2D eigenvalue weighted by molar-refractivity contribution is 0.376. The lowest BCUT2D eigenvalue weighted by atomic mass is 9.93. The third kappa shape index (κ3) is 2.95. The van der Waals surface area contributed by atoms with Crippen LogP contribution < -0.4 is 10.6 Å². The molecule has 1 heterocycles. The van der Waals surface area contributed by atoms with Crippen LogP contribution in [0.1, 0.15) is 32.1 Å². The van der Waals surface area contributed by atoms with Crippen molar-refractivity contribution in [1.82, 2.24) is 5.32 Å². The molecule has 1 aliphatic heterocycles. The third-order valence-electron chi connectivity index (χ3n) is 4.46. The number of nitrogens with one attached hydrogen (secondary N) is 2. The molecule has 104 valence electrons. The van der Waals surface area contributed by atoms with Crippen molar-refractivity contribution in [2.45, 2.75) is 44.2 Å². The van der Waals surface area contributed by atoms with Crippen LogP contribution in [0.5, 0.6) is 0 Å². The highest BCUT2D eigenvalue weighted by Crippen LogP contribution is 2.35. The van der Waals surface area contributed by atoms with E-state index < -0.39 is 0 Å². The first-order chi connectivity index (χ1) is 9.24. The Bertz CT molecular complexity index is 446. The summed E-state index contributed by atoms with van der Waals surface area (Å²) in [5.74, 6) is 0.511. The van der Waals surface area contributed by atoms with E-state index >= 15 is 0 Å². The van der Waals surface area contributed by atoms with Gasteiger partial charge in [0.15, 0.2) is 0 Å². The predicted molar refractivity (Wildman–Crippen MR) is 79.9 cm³/mol. The SMILES string of the molecule is Fc1ccc(NC2CCCC2C2CCCN2)c(Br)c1. The second kappa shape index (κ2) is 5.80. The Balaban J connectivity index is 1.70. The molecule has 0 aromatic heterocycles. The predicted octanol–water partition coefficient (Wildman–Crippen LogP) is 3.92. The van der Waals surface area contributed by atoms with E-state index in [0.29, 0.717) is 18.0 Å². The standard InChI is InChI=1S/C15H20BrFN2/c16-12-9-10(17)6-7-15(12)19-14-4-1-3-11(14)13-5-2-8-18-13/h6-7,9,11,13-14,18-19H,1-5,8H2. The van der Waals surface area contributed by atoms with Gasteiger partial charge in [0.1, 0.15) is 5.82 Å². The summed E-state index contributed by atoms with van der Waals surface area (Å²) in [5, 5.41) is 7.24. The summed E-state index contributed by atoms with van der Waals surface area (Å²) in [5.41, 5.74) is 1.01. The Morgan fingerprint density at radius 3 is 2.84 bits per heavy atom. The Morgan fingerprint density at radius 1 is 1.21 bits per heavy atom. The Hall–Kier alpha value is -0.610. The quantitative estimate of drug-likeness (QED) is 0.879. The van der Waals surface area contributed by atoms with Gasteiger partial charge in [0.25, 0.3) is 0 Å². The summed E-state index contributed by atoms with van der Waals surface area (Å²) in [6.45, 7) is 1.16. The van der Waals surface area contributed by atoms with Crippen LogP contribution in [0, 0.1) is 11.7 Å². The number of hydrogen-bond donors (Lipinski definition) is 2. The number of benzene rings is 1. The molecule has 0 radical (unpaired) electrons. The molecule has 19 heavy (non-hydrogen) atoms. The van der Waals surface area contributed by atoms with E-state index in [4.69, 9.17) is 0 Å². The minimum absolute atomic E-state index is 0.196. The zero-order chi connectivity index (χ0) is 13.2. The van der Waals surface area contributed by atoms with E-state index in [9.17, 15) is 4.39 Å². The molecule has 1 aromatic carbocycles. The van der Waals surface area contributed by atoms with Crippen LogP contribution in [0.2, 0.25) is 0 Å². The number of hydrogen-bond acceptors (Lipinski definition) is 2. The van der Waals surface area contributed by atoms with Gasteiger partial charge < -0.3 is 10.6 Å². The molecule has 1 aliphatic carbocycles. The summed E-state index contributed by atoms with van der Waals surface area (Å²) in [6.07, 6.45) is 6.40. The van der Waals surface area contributed by atoms with E-state index in [1.165, 1.54) is 44.2 Å². The van der Waals surface area contributed by atoms with Crippen molar-refractivity contribution in [3.8, 4) is 0 Å². The minimum Gasteiger partial charge on any atom is -0.381 e. The molecule has 3 rings (SSSR count). The van der Waals surface area contributed by atoms with Crippen molar-refractivity contribution in [2.75, 3.05) is 11.9 Å². The van der Waals surface area contributed by atoms with Gasteiger partial charge in [0, 0.05) is 22.2 Å². The monoisotopic (exact) mass is 326 g/mol. The molecule has 3 atom stereocenters. The minimum atomic E-state index is -0.196. The summed E-state index contributed by atoms with van der Waals surface area (Å²) in [6, 6.07) is 6.05. The molecule has 2 nitrogen and oxygen atoms in total. The highest BCUT2D eigenvalue weighted by Gasteiger charge is 2.35. The number of halogens is 2. The average Bonchev–Trinajstić information content (AvgIpc) is 3.03. The number of rotatable bonds is 3. The van der Waals surface area contributed by atoms with Crippen LogP contribution in [0.15, 0.2) is 22.7 Å². The first kappa shape index (κ1) is 13.4. The fourth-order valence-electron chi connectivity index (χ4n) is 3.53. The topological polar surface area (TPSA) is 24.1 Å². The van der Waals surface area contributed by atoms with Crippen LogP contribution in [0.4, 0.5) is 10.1 Å². The highest BCUT2D eigenvalue weighted by atomic mass is 79.9. The van der Waals surface area contributed by atoms with E-state index in [-0.39, 0.29) is 5.82 Å². The van der Waals surface area contributed by atoms with Gasteiger partial charge in [-0.25, -0.2) is 4.39 Å². The van der Waals surface area contributed by atoms with Gasteiger partial charge in [0.05, 0.1) is 0 Å². The van der Waals surface area contributed by atoms with Crippen LogP contribution >= 0.6 is 15.9 Å². The first-order valence-electron chi connectivity index (χ1n) is 7.19. The summed E-state index contributed by atoms with van der Waals surface area (Å²) < 4.78 is 13.9. The van der Waals surface area contributed by atoms with E-state index in [1.54, 1.807) is 0 Å². The first-order valence-corrected chi connectivity index (χ1v) is 7.98. The van der Waals surface area contributed by atoms with Gasteiger partial charge in [-0.15, -0.1) is 0 Å². The maximum absolute atomic E-state index is 13.1. The van der Waals surface area contributed by atoms with E-state index in [1.807, 2.05) is 6.07 Å². The van der Waals surface area contributed by atoms with Crippen LogP contribution in [-0.4, -0.2) is 18.6 Å². The van der Waals surface area contributed by atoms with Crippen molar-refractivity contribution in [3.63, 3.8) is 0 Å². The summed E-state index contributed by atoms with van der Waals surface area (Å²) >= 11 is 3.44. The normalized spacial score (nSPS) is 30.7. The molecular formula is C15H20BrFN2. The van der Waals surface area contributed by atoms with Crippen molar-refractivity contribution >= 4 is 21.6 Å². The molecule has 1 aromatic rings. The maximum atomic E-state index is 13.1. The molecule has 0 amide bonds. The van der Waals surface area contributed by atoms with Gasteiger partial charge >= 0.3 is 0 Å². The van der Waals surface area contributed by atoms with Gasteiger partial charge in [0.2, 0.25) is 0 Å². The molecule has 1 saturated heterocycles. The Morgan fingerprint density at radius 2 is 2.11 bits per heavy atom. The molecule has 0 spiro atoms. The van der Waals surface area contributed by atoms with Crippen LogP contribution in [-0.2, 0) is 0 Å². The molecular weight excluding hydrogens is 307 g/mol. The van der Waals surface area contributed by atoms with E-state index in [2.05, 4.69) is 26.6 Å². The van der Waals surface area contributed by atoms with Gasteiger partial charge in [-0.3, -0.25) is 0 Å². The molecule has 4 heteroatoms. The fourth-order valence-corrected chi connectivity index (χ4v) is 4.00. The molecule has 2 N–H and O–H groups in total. The smallest absolute Gasteiger partial charge is 0.124 e. The van der Waals surface area contributed by atoms with Crippen LogP contribution in [0.3, 0.4) is 0 Å². The molecule has 2 fully saturated rings. The second-order valence-corrected chi connectivity index (χ2v) is 6.53. The van der Waals surface area contributed by atoms with Crippen molar-refractivity contribution < 1.29 is 4.39 Å². The Kier molecular flexibility index (Phi) is 4.08. The maximum Gasteiger partial charge on any atom is 0.124 e. The summed E-state index contributed by atoms with van der Waals surface area (Å²) in [7, 11) is 0. The molecule has 3 unspecified atom stereocenters. The second-order valence-electron chi connectivity index (χ2n) is 5.67. The van der Waals surface area contributed by atoms with Gasteiger partial charge in [-0.05, 0) is 72.3 Å². The lowest BCUT2D eigenvalue weighted by Gasteiger charge is -2.27. The Labute approximate surface area is 122 Å². The molecule has 1 saturated carbocycles. The summed E-state index contributed by atoms with van der Waals surface area (Å²) in [4.78, 5) is 0. The average molecular weight is 327 g/mol. The van der Waals surface area contributed by atoms with Crippen molar-refractivity contribution in [3.05, 3.63) is 28.5 Å². The van der Waals surface area contributed by atoms with E-state index in [0.717, 1.165) is 16.7 Å². The number of anilines is 1. The lowest BCUT2D eigenvalue weighted by Crippen LogP contribution is -2.38. The highest BCUT2D eigenvalue weighted by molar-refractivity contribution is 9.10. The van der Waals surface area contributed by atoms with Crippen molar-refractivity contribution in [1.29, 1.82) is 0 Å². The molecule has 0 bridgehead atoms. The van der Waals surface area contributed by atoms with Crippen molar-refractivity contribution in [2.24, 2.45) is 5.92 Å². The third-order valence-corrected chi connectivity index (χ3v) is 5.11. The van der Waals surface area contributed by atoms with Crippen LogP contribution in [0.25, 0.3) is 0 Å². The zero-order valence-electron chi connectivity index (χ0n) is 11.0. The zero-order valence-corrected chi connectivity index (χ0v) is 12.5.